The highest BCUT2D eigenvalue weighted by atomic mass is 32.2. The van der Waals surface area contributed by atoms with Crippen molar-refractivity contribution < 1.29 is 13.2 Å². The average molecular weight is 335 g/mol. The summed E-state index contributed by atoms with van der Waals surface area (Å²) in [6.07, 6.45) is 1.07. The third-order valence-corrected chi connectivity index (χ3v) is 4.20. The maximum Gasteiger partial charge on any atom is 0.257 e. The molecule has 1 heterocycles. The predicted molar refractivity (Wildman–Crippen MR) is 92.4 cm³/mol. The predicted octanol–water partition coefficient (Wildman–Crippen LogP) is 2.75. The van der Waals surface area contributed by atoms with Gasteiger partial charge in [-0.3, -0.25) is 9.52 Å². The van der Waals surface area contributed by atoms with E-state index in [9.17, 15) is 13.2 Å². The Labute approximate surface area is 136 Å². The summed E-state index contributed by atoms with van der Waals surface area (Å²) in [7, 11) is -3.42. The average Bonchev–Trinajstić information content (AvgIpc) is 2.74. The number of sulfonamides is 1. The van der Waals surface area contributed by atoms with Crippen LogP contribution in [-0.4, -0.2) is 25.1 Å². The molecule has 1 amide bonds. The Morgan fingerprint density at radius 2 is 1.78 bits per heavy atom. The van der Waals surface area contributed by atoms with Crippen LogP contribution >= 0.6 is 0 Å². The number of nitrogens with zero attached hydrogens (tertiary/aromatic N) is 1. The number of aryl methyl sites for hydroxylation is 1. The second-order valence-corrected chi connectivity index (χ2v) is 7.15. The zero-order chi connectivity index (χ0) is 17.2. The molecule has 2 aromatic rings. The van der Waals surface area contributed by atoms with E-state index in [1.165, 1.54) is 0 Å². The van der Waals surface area contributed by atoms with Crippen LogP contribution in [0.1, 0.15) is 28.7 Å². The van der Waals surface area contributed by atoms with E-state index in [4.69, 9.17) is 0 Å². The molecule has 6 nitrogen and oxygen atoms in total. The third kappa shape index (κ3) is 3.92. The summed E-state index contributed by atoms with van der Waals surface area (Å²) in [5.74, 6) is -0.263. The van der Waals surface area contributed by atoms with E-state index < -0.39 is 10.0 Å². The third-order valence-electron chi connectivity index (χ3n) is 3.61. The van der Waals surface area contributed by atoms with Crippen LogP contribution in [0.25, 0.3) is 0 Å². The number of hydrogen-bond acceptors (Lipinski definition) is 3. The summed E-state index contributed by atoms with van der Waals surface area (Å²) in [4.78, 5) is 12.5. The number of aromatic nitrogens is 1. The Bertz CT molecular complexity index is 838. The zero-order valence-corrected chi connectivity index (χ0v) is 14.5. The van der Waals surface area contributed by atoms with Crippen LogP contribution in [0, 0.1) is 13.8 Å². The van der Waals surface area contributed by atoms with Gasteiger partial charge in [-0.2, -0.15) is 0 Å². The molecule has 2 rings (SSSR count). The van der Waals surface area contributed by atoms with Crippen molar-refractivity contribution in [3.63, 3.8) is 0 Å². The van der Waals surface area contributed by atoms with E-state index in [1.807, 2.05) is 26.8 Å². The van der Waals surface area contributed by atoms with Gasteiger partial charge in [0.1, 0.15) is 0 Å². The van der Waals surface area contributed by atoms with Gasteiger partial charge in [-0.25, -0.2) is 8.42 Å². The Balaban J connectivity index is 2.31. The van der Waals surface area contributed by atoms with E-state index in [2.05, 4.69) is 14.6 Å². The molecular formula is C16H21N3O3S. The smallest absolute Gasteiger partial charge is 0.257 e. The Hall–Kier alpha value is -2.28. The van der Waals surface area contributed by atoms with Gasteiger partial charge in [0.05, 0.1) is 23.2 Å². The lowest BCUT2D eigenvalue weighted by atomic mass is 10.2. The van der Waals surface area contributed by atoms with Gasteiger partial charge in [0.15, 0.2) is 0 Å². The Morgan fingerprint density at radius 1 is 1.17 bits per heavy atom. The van der Waals surface area contributed by atoms with Crippen molar-refractivity contribution in [3.8, 4) is 0 Å². The first-order valence-corrected chi connectivity index (χ1v) is 9.17. The first-order valence-electron chi connectivity index (χ1n) is 7.28. The lowest BCUT2D eigenvalue weighted by Gasteiger charge is -2.12. The van der Waals surface area contributed by atoms with Gasteiger partial charge in [0, 0.05) is 17.9 Å². The fraction of sp³-hybridized carbons (Fsp3) is 0.312. The summed E-state index contributed by atoms with van der Waals surface area (Å²) in [5, 5.41) is 2.78. The number of nitrogens with one attached hydrogen (secondary N) is 2. The Morgan fingerprint density at radius 3 is 2.30 bits per heavy atom. The molecule has 0 fully saturated rings. The monoisotopic (exact) mass is 335 g/mol. The highest BCUT2D eigenvalue weighted by molar-refractivity contribution is 7.92. The SMILES string of the molecule is CCn1c(C)cc(C(=O)Nc2ccccc2NS(C)(=O)=O)c1C. The highest BCUT2D eigenvalue weighted by Gasteiger charge is 2.16. The van der Waals surface area contributed by atoms with Crippen LogP contribution in [0.2, 0.25) is 0 Å². The number of carbonyl (C=O) groups excluding carboxylic acids is 1. The molecular weight excluding hydrogens is 314 g/mol. The molecule has 0 bridgehead atoms. The second kappa shape index (κ2) is 6.45. The van der Waals surface area contributed by atoms with Gasteiger partial charge >= 0.3 is 0 Å². The van der Waals surface area contributed by atoms with Crippen LogP contribution in [-0.2, 0) is 16.6 Å². The lowest BCUT2D eigenvalue weighted by Crippen LogP contribution is -2.16. The van der Waals surface area contributed by atoms with Crippen LogP contribution in [0.5, 0.6) is 0 Å². The summed E-state index contributed by atoms with van der Waals surface area (Å²) < 4.78 is 27.3. The summed E-state index contributed by atoms with van der Waals surface area (Å²) >= 11 is 0. The van der Waals surface area contributed by atoms with Crippen LogP contribution in [0.4, 0.5) is 11.4 Å². The molecule has 0 aliphatic carbocycles. The van der Waals surface area contributed by atoms with Crippen LogP contribution < -0.4 is 10.0 Å². The van der Waals surface area contributed by atoms with Gasteiger partial charge in [0.2, 0.25) is 10.0 Å². The molecule has 0 radical (unpaired) electrons. The summed E-state index contributed by atoms with van der Waals surface area (Å²) in [5.41, 5.74) is 3.24. The van der Waals surface area contributed by atoms with Crippen molar-refractivity contribution in [2.24, 2.45) is 0 Å². The molecule has 0 atom stereocenters. The molecule has 0 spiro atoms. The number of rotatable bonds is 5. The molecule has 0 saturated carbocycles. The minimum absolute atomic E-state index is 0.263. The number of benzene rings is 1. The topological polar surface area (TPSA) is 80.2 Å². The standard InChI is InChI=1S/C16H21N3O3S/c1-5-19-11(2)10-13(12(19)3)16(20)17-14-8-6-7-9-15(14)18-23(4,21)22/h6-10,18H,5H2,1-4H3,(H,17,20). The maximum atomic E-state index is 12.5. The molecule has 7 heteroatoms. The minimum atomic E-state index is -3.42. The highest BCUT2D eigenvalue weighted by Crippen LogP contribution is 2.24. The van der Waals surface area contributed by atoms with E-state index in [-0.39, 0.29) is 5.91 Å². The number of para-hydroxylation sites is 2. The zero-order valence-electron chi connectivity index (χ0n) is 13.7. The van der Waals surface area contributed by atoms with Gasteiger partial charge in [-0.15, -0.1) is 0 Å². The van der Waals surface area contributed by atoms with Crippen molar-refractivity contribution in [3.05, 3.63) is 47.3 Å². The van der Waals surface area contributed by atoms with Crippen molar-refractivity contribution in [1.29, 1.82) is 0 Å². The molecule has 1 aromatic heterocycles. The minimum Gasteiger partial charge on any atom is -0.349 e. The van der Waals surface area contributed by atoms with Crippen LogP contribution in [0.15, 0.2) is 30.3 Å². The summed E-state index contributed by atoms with van der Waals surface area (Å²) in [6.45, 7) is 6.66. The maximum absolute atomic E-state index is 12.5. The molecule has 0 aliphatic rings. The molecule has 0 saturated heterocycles. The Kier molecular flexibility index (Phi) is 4.79. The van der Waals surface area contributed by atoms with Gasteiger partial charge in [-0.05, 0) is 39.0 Å². The van der Waals surface area contributed by atoms with Gasteiger partial charge in [0.25, 0.3) is 5.91 Å². The normalized spacial score (nSPS) is 11.3. The van der Waals surface area contributed by atoms with Crippen molar-refractivity contribution in [2.75, 3.05) is 16.3 Å². The number of carbonyl (C=O) groups is 1. The van der Waals surface area contributed by atoms with E-state index in [0.717, 1.165) is 24.2 Å². The first kappa shape index (κ1) is 17.1. The molecule has 2 N–H and O–H groups in total. The fourth-order valence-electron chi connectivity index (χ4n) is 2.59. The van der Waals surface area contributed by atoms with E-state index in [0.29, 0.717) is 16.9 Å². The quantitative estimate of drug-likeness (QED) is 0.881. The fourth-order valence-corrected chi connectivity index (χ4v) is 3.17. The van der Waals surface area contributed by atoms with E-state index >= 15 is 0 Å². The molecule has 1 aromatic carbocycles. The van der Waals surface area contributed by atoms with Gasteiger partial charge < -0.3 is 9.88 Å². The largest absolute Gasteiger partial charge is 0.349 e. The second-order valence-electron chi connectivity index (χ2n) is 5.40. The lowest BCUT2D eigenvalue weighted by molar-refractivity contribution is 0.102. The first-order chi connectivity index (χ1) is 10.7. The molecule has 23 heavy (non-hydrogen) atoms. The van der Waals surface area contributed by atoms with Gasteiger partial charge in [-0.1, -0.05) is 12.1 Å². The summed E-state index contributed by atoms with van der Waals surface area (Å²) in [6, 6.07) is 8.53. The van der Waals surface area contributed by atoms with Crippen LogP contribution in [0.3, 0.4) is 0 Å². The molecule has 124 valence electrons. The van der Waals surface area contributed by atoms with E-state index in [1.54, 1.807) is 24.3 Å². The molecule has 0 aliphatic heterocycles. The van der Waals surface area contributed by atoms with Crippen molar-refractivity contribution >= 4 is 27.3 Å². The number of hydrogen-bond donors (Lipinski definition) is 2. The molecule has 0 unspecified atom stereocenters. The van der Waals surface area contributed by atoms with Crippen molar-refractivity contribution in [1.82, 2.24) is 4.57 Å². The van der Waals surface area contributed by atoms with Crippen molar-refractivity contribution in [2.45, 2.75) is 27.3 Å². The number of anilines is 2. The number of amides is 1.